The number of carbonyl (C=O) groups excluding carboxylic acids is 1. The molecule has 92 valence electrons. The lowest BCUT2D eigenvalue weighted by atomic mass is 10.2. The van der Waals surface area contributed by atoms with Crippen molar-refractivity contribution in [3.05, 3.63) is 54.1 Å². The van der Waals surface area contributed by atoms with E-state index in [2.05, 4.69) is 5.32 Å². The lowest BCUT2D eigenvalue weighted by Gasteiger charge is -1.94. The highest BCUT2D eigenvalue weighted by molar-refractivity contribution is 5.98. The van der Waals surface area contributed by atoms with E-state index < -0.39 is 0 Å². The predicted molar refractivity (Wildman–Crippen MR) is 74.0 cm³/mol. The summed E-state index contributed by atoms with van der Waals surface area (Å²) in [5.74, 6) is 0.0983. The summed E-state index contributed by atoms with van der Waals surface area (Å²) in [4.78, 5) is 10.8. The Balaban J connectivity index is 0.000000138. The van der Waals surface area contributed by atoms with E-state index in [0.29, 0.717) is 17.8 Å². The molecule has 5 N–H and O–H groups in total. The molecule has 0 radical (unpaired) electrons. The molecule has 4 nitrogen and oxygen atoms in total. The van der Waals surface area contributed by atoms with Gasteiger partial charge < -0.3 is 16.8 Å². The molecule has 1 heterocycles. The van der Waals surface area contributed by atoms with Crippen LogP contribution in [0.1, 0.15) is 5.56 Å². The van der Waals surface area contributed by atoms with Gasteiger partial charge in [-0.2, -0.15) is 0 Å². The van der Waals surface area contributed by atoms with Gasteiger partial charge in [-0.05, 0) is 23.8 Å². The standard InChI is InChI=1S/C8H7NO.C6H8N2/c10-8-5-6-3-1-2-4-7(6)9-8;7-5-3-1-2-4-6(5)8/h1-4H,5H2,(H,9,10);1-4H,7-8H2. The molecular formula is C14H15N3O. The summed E-state index contributed by atoms with van der Waals surface area (Å²) in [5, 5.41) is 2.76. The fraction of sp³-hybridized carbons (Fsp3) is 0.0714. The van der Waals surface area contributed by atoms with Gasteiger partial charge in [-0.25, -0.2) is 0 Å². The van der Waals surface area contributed by atoms with Crippen molar-refractivity contribution in [2.24, 2.45) is 0 Å². The van der Waals surface area contributed by atoms with Gasteiger partial charge >= 0.3 is 0 Å². The number of amides is 1. The molecular weight excluding hydrogens is 226 g/mol. The largest absolute Gasteiger partial charge is 0.397 e. The van der Waals surface area contributed by atoms with Crippen LogP contribution in [0.3, 0.4) is 0 Å². The second kappa shape index (κ2) is 5.23. The molecule has 1 amide bonds. The number of benzene rings is 2. The van der Waals surface area contributed by atoms with Crippen molar-refractivity contribution < 1.29 is 4.79 Å². The molecule has 3 rings (SSSR count). The molecule has 1 aliphatic heterocycles. The Kier molecular flexibility index (Phi) is 3.48. The molecule has 0 bridgehead atoms. The van der Waals surface area contributed by atoms with E-state index in [4.69, 9.17) is 11.5 Å². The topological polar surface area (TPSA) is 81.1 Å². The van der Waals surface area contributed by atoms with E-state index in [9.17, 15) is 4.79 Å². The Morgan fingerprint density at radius 1 is 0.889 bits per heavy atom. The highest BCUT2D eigenvalue weighted by Gasteiger charge is 2.15. The summed E-state index contributed by atoms with van der Waals surface area (Å²) in [6, 6.07) is 15.0. The second-order valence-corrected chi connectivity index (χ2v) is 4.01. The van der Waals surface area contributed by atoms with E-state index >= 15 is 0 Å². The van der Waals surface area contributed by atoms with Crippen LogP contribution < -0.4 is 16.8 Å². The highest BCUT2D eigenvalue weighted by atomic mass is 16.1. The predicted octanol–water partition coefficient (Wildman–Crippen LogP) is 2.03. The fourth-order valence-corrected chi connectivity index (χ4v) is 1.67. The number of carbonyl (C=O) groups is 1. The molecule has 18 heavy (non-hydrogen) atoms. The number of anilines is 3. The number of hydrogen-bond donors (Lipinski definition) is 3. The summed E-state index contributed by atoms with van der Waals surface area (Å²) in [6.45, 7) is 0. The minimum absolute atomic E-state index is 0.0983. The number of fused-ring (bicyclic) bond motifs is 1. The maximum atomic E-state index is 10.8. The zero-order valence-corrected chi connectivity index (χ0v) is 9.89. The molecule has 4 heteroatoms. The van der Waals surface area contributed by atoms with Crippen molar-refractivity contribution in [1.82, 2.24) is 0 Å². The van der Waals surface area contributed by atoms with Crippen molar-refractivity contribution in [2.75, 3.05) is 16.8 Å². The molecule has 2 aromatic carbocycles. The summed E-state index contributed by atoms with van der Waals surface area (Å²) < 4.78 is 0. The van der Waals surface area contributed by atoms with Gasteiger partial charge in [0.1, 0.15) is 0 Å². The smallest absolute Gasteiger partial charge is 0.228 e. The first-order chi connectivity index (χ1) is 8.66. The molecule has 0 saturated carbocycles. The molecule has 0 saturated heterocycles. The maximum Gasteiger partial charge on any atom is 0.228 e. The SMILES string of the molecule is Nc1ccccc1N.O=C1Cc2ccccc2N1. The molecule has 2 aromatic rings. The number of para-hydroxylation sites is 3. The third-order valence-electron chi connectivity index (χ3n) is 2.64. The van der Waals surface area contributed by atoms with E-state index in [1.165, 1.54) is 0 Å². The Hall–Kier alpha value is -2.49. The third kappa shape index (κ3) is 2.79. The van der Waals surface area contributed by atoms with Gasteiger partial charge in [0.05, 0.1) is 17.8 Å². The van der Waals surface area contributed by atoms with Gasteiger partial charge in [0.2, 0.25) is 5.91 Å². The molecule has 0 atom stereocenters. The number of nitrogens with one attached hydrogen (secondary N) is 1. The zero-order chi connectivity index (χ0) is 13.0. The van der Waals surface area contributed by atoms with Crippen molar-refractivity contribution in [3.8, 4) is 0 Å². The molecule has 0 unspecified atom stereocenters. The molecule has 0 aromatic heterocycles. The fourth-order valence-electron chi connectivity index (χ4n) is 1.67. The van der Waals surface area contributed by atoms with Crippen molar-refractivity contribution >= 4 is 23.0 Å². The third-order valence-corrected chi connectivity index (χ3v) is 2.64. The van der Waals surface area contributed by atoms with E-state index in [1.807, 2.05) is 36.4 Å². The molecule has 0 fully saturated rings. The minimum Gasteiger partial charge on any atom is -0.397 e. The zero-order valence-electron chi connectivity index (χ0n) is 9.89. The lowest BCUT2D eigenvalue weighted by molar-refractivity contribution is -0.115. The second-order valence-electron chi connectivity index (χ2n) is 4.01. The normalized spacial score (nSPS) is 12.1. The average molecular weight is 241 g/mol. The van der Waals surface area contributed by atoms with Crippen LogP contribution in [0.25, 0.3) is 0 Å². The van der Waals surface area contributed by atoms with E-state index in [1.54, 1.807) is 12.1 Å². The minimum atomic E-state index is 0.0983. The summed E-state index contributed by atoms with van der Waals surface area (Å²) in [7, 11) is 0. The number of nitrogens with two attached hydrogens (primary N) is 2. The van der Waals surface area contributed by atoms with Crippen molar-refractivity contribution in [2.45, 2.75) is 6.42 Å². The van der Waals surface area contributed by atoms with Crippen LogP contribution in [0.15, 0.2) is 48.5 Å². The van der Waals surface area contributed by atoms with Gasteiger partial charge in [0, 0.05) is 5.69 Å². The summed E-state index contributed by atoms with van der Waals surface area (Å²) in [6.07, 6.45) is 0.538. The Morgan fingerprint density at radius 2 is 1.44 bits per heavy atom. The monoisotopic (exact) mass is 241 g/mol. The van der Waals surface area contributed by atoms with Gasteiger partial charge in [-0.15, -0.1) is 0 Å². The highest BCUT2D eigenvalue weighted by Crippen LogP contribution is 2.20. The van der Waals surface area contributed by atoms with Crippen molar-refractivity contribution in [1.29, 1.82) is 0 Å². The van der Waals surface area contributed by atoms with Crippen LogP contribution in [0.5, 0.6) is 0 Å². The van der Waals surface area contributed by atoms with Gasteiger partial charge in [-0.3, -0.25) is 4.79 Å². The van der Waals surface area contributed by atoms with Crippen LogP contribution in [-0.2, 0) is 11.2 Å². The van der Waals surface area contributed by atoms with Crippen LogP contribution in [-0.4, -0.2) is 5.91 Å². The van der Waals surface area contributed by atoms with Gasteiger partial charge in [0.15, 0.2) is 0 Å². The first-order valence-corrected chi connectivity index (χ1v) is 5.64. The van der Waals surface area contributed by atoms with Crippen LogP contribution >= 0.6 is 0 Å². The van der Waals surface area contributed by atoms with Gasteiger partial charge in [-0.1, -0.05) is 30.3 Å². The first kappa shape index (κ1) is 12.0. The molecule has 0 spiro atoms. The number of hydrogen-bond acceptors (Lipinski definition) is 3. The summed E-state index contributed by atoms with van der Waals surface area (Å²) >= 11 is 0. The van der Waals surface area contributed by atoms with Crippen LogP contribution in [0, 0.1) is 0 Å². The van der Waals surface area contributed by atoms with E-state index in [0.717, 1.165) is 11.3 Å². The van der Waals surface area contributed by atoms with E-state index in [-0.39, 0.29) is 5.91 Å². The maximum absolute atomic E-state index is 10.8. The van der Waals surface area contributed by atoms with Crippen LogP contribution in [0.2, 0.25) is 0 Å². The summed E-state index contributed by atoms with van der Waals surface area (Å²) in [5.41, 5.74) is 14.2. The Labute approximate surface area is 106 Å². The Morgan fingerprint density at radius 3 is 2.00 bits per heavy atom. The number of nitrogen functional groups attached to an aromatic ring is 2. The lowest BCUT2D eigenvalue weighted by Crippen LogP contribution is -2.03. The van der Waals surface area contributed by atoms with Crippen molar-refractivity contribution in [3.63, 3.8) is 0 Å². The molecule has 1 aliphatic rings. The average Bonchev–Trinajstić information content (AvgIpc) is 2.74. The van der Waals surface area contributed by atoms with Crippen LogP contribution in [0.4, 0.5) is 17.1 Å². The number of rotatable bonds is 0. The first-order valence-electron chi connectivity index (χ1n) is 5.64. The quantitative estimate of drug-likeness (QED) is 0.617. The van der Waals surface area contributed by atoms with Gasteiger partial charge in [0.25, 0.3) is 0 Å². The Bertz CT molecular complexity index is 518. The molecule has 0 aliphatic carbocycles.